The Morgan fingerprint density at radius 3 is 2.27 bits per heavy atom. The molecule has 2 rings (SSSR count). The van der Waals surface area contributed by atoms with Crippen LogP contribution in [0.4, 0.5) is 0 Å². The third-order valence-corrected chi connectivity index (χ3v) is 4.75. The summed E-state index contributed by atoms with van der Waals surface area (Å²) in [7, 11) is 1.61. The van der Waals surface area contributed by atoms with Crippen LogP contribution in [-0.2, 0) is 22.6 Å². The number of benzene rings is 2. The molecule has 0 fully saturated rings. The summed E-state index contributed by atoms with van der Waals surface area (Å²) < 4.78 is 0. The summed E-state index contributed by atoms with van der Waals surface area (Å²) >= 11 is 0. The number of nitrogens with zero attached hydrogens (tertiary/aromatic N) is 1. The van der Waals surface area contributed by atoms with Gasteiger partial charge in [0.05, 0.1) is 6.42 Å². The number of aryl methyl sites for hydroxylation is 2. The standard InChI is InChI=1S/C22H28N2O2/c1-5-20(22(26)23-4)24(15-18-9-7-6-8-10-18)21(25)14-19-12-11-16(2)17(3)13-19/h6-13,20H,5,14-15H2,1-4H3,(H,23,26)/t20-/m0/s1. The van der Waals surface area contributed by atoms with E-state index < -0.39 is 6.04 Å². The van der Waals surface area contributed by atoms with Gasteiger partial charge >= 0.3 is 0 Å². The summed E-state index contributed by atoms with van der Waals surface area (Å²) in [6.07, 6.45) is 0.868. The molecule has 4 heteroatoms. The second-order valence-electron chi connectivity index (χ2n) is 6.64. The lowest BCUT2D eigenvalue weighted by molar-refractivity contribution is -0.140. The number of carbonyl (C=O) groups excluding carboxylic acids is 2. The van der Waals surface area contributed by atoms with Crippen LogP contribution in [-0.4, -0.2) is 29.8 Å². The van der Waals surface area contributed by atoms with Crippen molar-refractivity contribution >= 4 is 11.8 Å². The van der Waals surface area contributed by atoms with Gasteiger partial charge in [-0.1, -0.05) is 55.5 Å². The minimum absolute atomic E-state index is 0.0347. The Morgan fingerprint density at radius 1 is 1.00 bits per heavy atom. The van der Waals surface area contributed by atoms with Gasteiger partial charge in [0, 0.05) is 13.6 Å². The minimum Gasteiger partial charge on any atom is -0.357 e. The second kappa shape index (κ2) is 9.18. The van der Waals surface area contributed by atoms with Gasteiger partial charge in [-0.05, 0) is 42.5 Å². The largest absolute Gasteiger partial charge is 0.357 e. The molecular formula is C22H28N2O2. The molecule has 2 aromatic rings. The Labute approximate surface area is 156 Å². The Hall–Kier alpha value is -2.62. The first-order valence-corrected chi connectivity index (χ1v) is 9.07. The molecule has 0 unspecified atom stereocenters. The predicted octanol–water partition coefficient (Wildman–Crippen LogP) is 3.40. The normalized spacial score (nSPS) is 11.7. The third kappa shape index (κ3) is 4.94. The maximum atomic E-state index is 13.1. The molecule has 0 aliphatic carbocycles. The highest BCUT2D eigenvalue weighted by molar-refractivity contribution is 5.88. The van der Waals surface area contributed by atoms with E-state index in [2.05, 4.69) is 18.3 Å². The van der Waals surface area contributed by atoms with Gasteiger partial charge in [0.1, 0.15) is 6.04 Å². The highest BCUT2D eigenvalue weighted by Crippen LogP contribution is 2.16. The topological polar surface area (TPSA) is 49.4 Å². The SMILES string of the molecule is CC[C@@H](C(=O)NC)N(Cc1ccccc1)C(=O)Cc1ccc(C)c(C)c1. The molecule has 0 heterocycles. The van der Waals surface area contributed by atoms with Gasteiger partial charge in [0.15, 0.2) is 0 Å². The summed E-state index contributed by atoms with van der Waals surface area (Å²) in [5, 5.41) is 2.68. The molecule has 1 atom stereocenters. The number of amides is 2. The maximum absolute atomic E-state index is 13.1. The lowest BCUT2D eigenvalue weighted by Crippen LogP contribution is -2.48. The van der Waals surface area contributed by atoms with E-state index in [-0.39, 0.29) is 11.8 Å². The Bertz CT molecular complexity index is 756. The molecule has 138 valence electrons. The predicted molar refractivity (Wildman–Crippen MR) is 105 cm³/mol. The molecule has 0 radical (unpaired) electrons. The molecule has 1 N–H and O–H groups in total. The Morgan fingerprint density at radius 2 is 1.69 bits per heavy atom. The maximum Gasteiger partial charge on any atom is 0.242 e. The van der Waals surface area contributed by atoms with Gasteiger partial charge in [0.25, 0.3) is 0 Å². The van der Waals surface area contributed by atoms with Crippen molar-refractivity contribution in [2.75, 3.05) is 7.05 Å². The van der Waals surface area contributed by atoms with E-state index in [1.807, 2.05) is 56.3 Å². The van der Waals surface area contributed by atoms with E-state index in [4.69, 9.17) is 0 Å². The summed E-state index contributed by atoms with van der Waals surface area (Å²) in [6.45, 7) is 6.46. The van der Waals surface area contributed by atoms with Crippen LogP contribution in [0.1, 0.15) is 35.6 Å². The second-order valence-corrected chi connectivity index (χ2v) is 6.64. The first-order chi connectivity index (χ1) is 12.5. The van der Waals surface area contributed by atoms with Crippen molar-refractivity contribution < 1.29 is 9.59 Å². The minimum atomic E-state index is -0.473. The van der Waals surface area contributed by atoms with E-state index in [0.29, 0.717) is 19.4 Å². The molecule has 0 spiro atoms. The van der Waals surface area contributed by atoms with Gasteiger partial charge in [-0.15, -0.1) is 0 Å². The first kappa shape index (κ1) is 19.7. The monoisotopic (exact) mass is 352 g/mol. The van der Waals surface area contributed by atoms with Crippen molar-refractivity contribution in [3.8, 4) is 0 Å². The highest BCUT2D eigenvalue weighted by atomic mass is 16.2. The summed E-state index contributed by atoms with van der Waals surface area (Å²) in [4.78, 5) is 27.1. The smallest absolute Gasteiger partial charge is 0.242 e. The molecule has 0 saturated heterocycles. The number of carbonyl (C=O) groups is 2. The molecule has 0 saturated carbocycles. The molecule has 0 aliphatic rings. The number of nitrogens with one attached hydrogen (secondary N) is 1. The number of hydrogen-bond acceptors (Lipinski definition) is 2. The van der Waals surface area contributed by atoms with Gasteiger partial charge in [-0.3, -0.25) is 9.59 Å². The first-order valence-electron chi connectivity index (χ1n) is 9.07. The summed E-state index contributed by atoms with van der Waals surface area (Å²) in [5.41, 5.74) is 4.37. The highest BCUT2D eigenvalue weighted by Gasteiger charge is 2.27. The lowest BCUT2D eigenvalue weighted by Gasteiger charge is -2.30. The van der Waals surface area contributed by atoms with Crippen molar-refractivity contribution in [3.63, 3.8) is 0 Å². The number of likely N-dealkylation sites (N-methyl/N-ethyl adjacent to an activating group) is 1. The van der Waals surface area contributed by atoms with E-state index in [9.17, 15) is 9.59 Å². The van der Waals surface area contributed by atoms with Crippen LogP contribution in [0.3, 0.4) is 0 Å². The fraction of sp³-hybridized carbons (Fsp3) is 0.364. The van der Waals surface area contributed by atoms with Gasteiger partial charge < -0.3 is 10.2 Å². The summed E-state index contributed by atoms with van der Waals surface area (Å²) in [6, 6.07) is 15.4. The fourth-order valence-electron chi connectivity index (χ4n) is 3.06. The van der Waals surface area contributed by atoms with Crippen molar-refractivity contribution in [1.82, 2.24) is 10.2 Å². The zero-order valence-corrected chi connectivity index (χ0v) is 16.1. The van der Waals surface area contributed by atoms with E-state index in [0.717, 1.165) is 11.1 Å². The van der Waals surface area contributed by atoms with Crippen LogP contribution in [0.2, 0.25) is 0 Å². The number of rotatable bonds is 7. The molecule has 0 aliphatic heterocycles. The van der Waals surface area contributed by atoms with Crippen molar-refractivity contribution in [2.45, 2.75) is 46.2 Å². The van der Waals surface area contributed by atoms with Crippen LogP contribution < -0.4 is 5.32 Å². The van der Waals surface area contributed by atoms with Crippen LogP contribution in [0.5, 0.6) is 0 Å². The van der Waals surface area contributed by atoms with Crippen LogP contribution in [0.15, 0.2) is 48.5 Å². The van der Waals surface area contributed by atoms with Crippen molar-refractivity contribution in [3.05, 3.63) is 70.8 Å². The zero-order valence-electron chi connectivity index (χ0n) is 16.1. The average molecular weight is 352 g/mol. The molecule has 2 amide bonds. The average Bonchev–Trinajstić information content (AvgIpc) is 2.65. The van der Waals surface area contributed by atoms with E-state index in [1.54, 1.807) is 11.9 Å². The van der Waals surface area contributed by atoms with Crippen molar-refractivity contribution in [2.24, 2.45) is 0 Å². The molecular weight excluding hydrogens is 324 g/mol. The van der Waals surface area contributed by atoms with Crippen LogP contribution in [0, 0.1) is 13.8 Å². The van der Waals surface area contributed by atoms with Gasteiger partial charge in [-0.25, -0.2) is 0 Å². The van der Waals surface area contributed by atoms with Gasteiger partial charge in [-0.2, -0.15) is 0 Å². The Balaban J connectivity index is 2.27. The van der Waals surface area contributed by atoms with Gasteiger partial charge in [0.2, 0.25) is 11.8 Å². The molecule has 0 aromatic heterocycles. The van der Waals surface area contributed by atoms with Crippen LogP contribution in [0.25, 0.3) is 0 Å². The lowest BCUT2D eigenvalue weighted by atomic mass is 10.0. The van der Waals surface area contributed by atoms with Crippen LogP contribution >= 0.6 is 0 Å². The van der Waals surface area contributed by atoms with E-state index in [1.165, 1.54) is 11.1 Å². The summed E-state index contributed by atoms with van der Waals surface area (Å²) in [5.74, 6) is -0.163. The van der Waals surface area contributed by atoms with E-state index >= 15 is 0 Å². The Kier molecular flexibility index (Phi) is 6.96. The fourth-order valence-corrected chi connectivity index (χ4v) is 3.06. The molecule has 26 heavy (non-hydrogen) atoms. The molecule has 2 aromatic carbocycles. The number of hydrogen-bond donors (Lipinski definition) is 1. The van der Waals surface area contributed by atoms with Crippen molar-refractivity contribution in [1.29, 1.82) is 0 Å². The quantitative estimate of drug-likeness (QED) is 0.830. The zero-order chi connectivity index (χ0) is 19.1. The third-order valence-electron chi connectivity index (χ3n) is 4.75. The molecule has 4 nitrogen and oxygen atoms in total. The molecule has 0 bridgehead atoms.